The fourth-order valence-electron chi connectivity index (χ4n) is 5.06. The number of non-ortho nitro benzene ring substituents is 2. The second kappa shape index (κ2) is 19.1. The molecule has 2 heterocycles. The number of nitrogens with zero attached hydrogens (tertiary/aromatic N) is 4. The van der Waals surface area contributed by atoms with E-state index >= 15 is 0 Å². The minimum absolute atomic E-state index is 0. The third-order valence-corrected chi connectivity index (χ3v) is 7.24. The van der Waals surface area contributed by atoms with Crippen molar-refractivity contribution in [2.45, 2.75) is 85.0 Å². The normalized spacial score (nSPS) is 17.1. The number of nitro groups is 2. The molecule has 0 amide bonds. The predicted molar refractivity (Wildman–Crippen MR) is 205 cm³/mol. The highest BCUT2D eigenvalue weighted by molar-refractivity contribution is 6.24. The number of ether oxygens (including phenoxy) is 4. The van der Waals surface area contributed by atoms with E-state index in [1.807, 2.05) is 0 Å². The molecule has 0 aliphatic carbocycles. The lowest BCUT2D eigenvalue weighted by atomic mass is 9.86. The van der Waals surface area contributed by atoms with Crippen molar-refractivity contribution in [1.29, 1.82) is 0 Å². The molecule has 2 aromatic carbocycles. The minimum Gasteiger partial charge on any atom is -0.493 e. The summed E-state index contributed by atoms with van der Waals surface area (Å²) in [5, 5.41) is 32.8. The fourth-order valence-corrected chi connectivity index (χ4v) is 5.06. The second-order valence-electron chi connectivity index (χ2n) is 13.6. The lowest BCUT2D eigenvalue weighted by Crippen LogP contribution is -2.27. The molecule has 17 nitrogen and oxygen atoms in total. The maximum atomic E-state index is 11.8. The number of carbonyl (C=O) groups excluding carboxylic acids is 2. The van der Waals surface area contributed by atoms with Crippen molar-refractivity contribution < 1.29 is 44.9 Å². The summed E-state index contributed by atoms with van der Waals surface area (Å²) in [5.74, 6) is -0.751. The van der Waals surface area contributed by atoms with Gasteiger partial charge < -0.3 is 35.5 Å². The number of benzene rings is 2. The van der Waals surface area contributed by atoms with Gasteiger partial charge in [-0.1, -0.05) is 7.43 Å². The molecule has 2 aliphatic rings. The van der Waals surface area contributed by atoms with E-state index in [4.69, 9.17) is 30.4 Å². The molecule has 2 aliphatic heterocycles. The Balaban J connectivity index is 0.000000531. The summed E-state index contributed by atoms with van der Waals surface area (Å²) in [4.78, 5) is 52.6. The molecule has 0 bridgehead atoms. The van der Waals surface area contributed by atoms with Crippen LogP contribution in [0.1, 0.15) is 80.3 Å². The largest absolute Gasteiger partial charge is 0.493 e. The Morgan fingerprint density at radius 2 is 1.43 bits per heavy atom. The average Bonchev–Trinajstić information content (AvgIpc) is 3.08. The predicted octanol–water partition coefficient (Wildman–Crippen LogP) is 5.89. The van der Waals surface area contributed by atoms with E-state index in [1.54, 1.807) is 53.7 Å². The van der Waals surface area contributed by atoms with Gasteiger partial charge in [-0.3, -0.25) is 20.2 Å². The van der Waals surface area contributed by atoms with Crippen molar-refractivity contribution >= 4 is 41.3 Å². The second-order valence-corrected chi connectivity index (χ2v) is 13.6. The zero-order valence-electron chi connectivity index (χ0n) is 30.3. The first-order valence-electron chi connectivity index (χ1n) is 16.4. The monoisotopic (exact) mass is 755 g/mol. The van der Waals surface area contributed by atoms with Crippen LogP contribution in [0.2, 0.25) is 0 Å². The van der Waals surface area contributed by atoms with Crippen LogP contribution >= 0.6 is 0 Å². The zero-order valence-corrected chi connectivity index (χ0v) is 30.3. The summed E-state index contributed by atoms with van der Waals surface area (Å²) in [7, 11) is 0. The lowest BCUT2D eigenvalue weighted by molar-refractivity contribution is -0.385. The summed E-state index contributed by atoms with van der Waals surface area (Å²) >= 11 is 0. The molecule has 0 aromatic heterocycles. The molecule has 2 unspecified atom stereocenters. The van der Waals surface area contributed by atoms with Gasteiger partial charge in [0, 0.05) is 61.6 Å². The van der Waals surface area contributed by atoms with Crippen molar-refractivity contribution in [2.75, 3.05) is 13.2 Å². The molecule has 17 heteroatoms. The lowest BCUT2D eigenvalue weighted by Gasteiger charge is -2.29. The highest BCUT2D eigenvalue weighted by atomic mass is 16.6. The summed E-state index contributed by atoms with van der Waals surface area (Å²) in [6, 6.07) is 8.62. The Morgan fingerprint density at radius 1 is 0.889 bits per heavy atom. The van der Waals surface area contributed by atoms with Gasteiger partial charge >= 0.3 is 11.9 Å². The first-order chi connectivity index (χ1) is 24.8. The molecule has 0 radical (unpaired) electrons. The number of fused-ring (bicyclic) bond motifs is 2. The average molecular weight is 756 g/mol. The van der Waals surface area contributed by atoms with Gasteiger partial charge in [0.05, 0.1) is 34.5 Å². The van der Waals surface area contributed by atoms with Crippen molar-refractivity contribution in [2.24, 2.45) is 21.5 Å². The van der Waals surface area contributed by atoms with E-state index in [0.717, 1.165) is 24.2 Å². The summed E-state index contributed by atoms with van der Waals surface area (Å²) < 4.78 is 21.3. The van der Waals surface area contributed by atoms with Gasteiger partial charge in [0.2, 0.25) is 0 Å². The van der Waals surface area contributed by atoms with Crippen LogP contribution < -0.4 is 20.9 Å². The third-order valence-electron chi connectivity index (χ3n) is 7.24. The van der Waals surface area contributed by atoms with E-state index in [2.05, 4.69) is 9.98 Å². The van der Waals surface area contributed by atoms with Crippen molar-refractivity contribution in [3.8, 4) is 11.5 Å². The molecule has 4 rings (SSSR count). The van der Waals surface area contributed by atoms with E-state index in [-0.39, 0.29) is 25.9 Å². The van der Waals surface area contributed by atoms with Crippen molar-refractivity contribution in [3.63, 3.8) is 0 Å². The molecule has 2 aromatic rings. The summed E-state index contributed by atoms with van der Waals surface area (Å²) in [5.41, 5.74) is 12.0. The number of rotatable bonds is 9. The smallest absolute Gasteiger partial charge is 0.349 e. The Bertz CT molecular complexity index is 1860. The number of nitrogens with two attached hydrogens (primary N) is 2. The zero-order chi connectivity index (χ0) is 39.5. The van der Waals surface area contributed by atoms with Crippen LogP contribution in [0, 0.1) is 20.2 Å². The minimum atomic E-state index is -1.17. The number of allylic oxidation sites excluding steroid dienone is 1. The molecule has 0 saturated carbocycles. The van der Waals surface area contributed by atoms with Crippen molar-refractivity contribution in [1.82, 2.24) is 0 Å². The fraction of sp³-hybridized carbons (Fsp3) is 0.405. The van der Waals surface area contributed by atoms with Crippen LogP contribution in [0.15, 0.2) is 76.3 Å². The van der Waals surface area contributed by atoms with Crippen LogP contribution in [0.4, 0.5) is 11.4 Å². The van der Waals surface area contributed by atoms with Crippen molar-refractivity contribution in [3.05, 3.63) is 97.6 Å². The van der Waals surface area contributed by atoms with Gasteiger partial charge in [0.15, 0.2) is 0 Å². The van der Waals surface area contributed by atoms with Gasteiger partial charge in [-0.2, -0.15) is 0 Å². The maximum Gasteiger partial charge on any atom is 0.349 e. The Labute approximate surface area is 314 Å². The maximum absolute atomic E-state index is 11.8. The van der Waals surface area contributed by atoms with E-state index in [1.165, 1.54) is 36.5 Å². The Morgan fingerprint density at radius 3 is 1.96 bits per heavy atom. The quantitative estimate of drug-likeness (QED) is 0.117. The molecule has 294 valence electrons. The van der Waals surface area contributed by atoms with Crippen LogP contribution in [-0.4, -0.2) is 69.8 Å². The van der Waals surface area contributed by atoms with Crippen LogP contribution in [0.25, 0.3) is 5.57 Å². The number of aliphatic hydroxyl groups excluding tert-OH is 1. The molecule has 0 fully saturated rings. The van der Waals surface area contributed by atoms with E-state index in [9.17, 15) is 34.9 Å². The third kappa shape index (κ3) is 13.1. The number of carbonyl (C=O) groups is 2. The number of aliphatic imine (C=N–C) groups is 2. The van der Waals surface area contributed by atoms with Crippen LogP contribution in [0.5, 0.6) is 11.5 Å². The summed E-state index contributed by atoms with van der Waals surface area (Å²) in [6.07, 6.45) is 5.79. The number of esters is 2. The van der Waals surface area contributed by atoms with Gasteiger partial charge in [-0.05, 0) is 71.7 Å². The molecule has 0 saturated heterocycles. The van der Waals surface area contributed by atoms with E-state index < -0.39 is 45.0 Å². The SMILES string of the molecule is C.CC(C)(C)OC(=O)C=N/C(=C\N)C(O)C1CCOc2ccc([N+](=O)[O-])cc21.CC(C)(C)OC(=O)C=NC(=C\N)/C=C1\CCOc2ccc([N+](=O)[O-])cc21.[2HH]. The number of hydrogen-bond donors (Lipinski definition) is 3. The molecular formula is C37H50N6O11. The molecule has 0 spiro atoms. The molecule has 54 heavy (non-hydrogen) atoms. The van der Waals surface area contributed by atoms with Crippen LogP contribution in [0.3, 0.4) is 0 Å². The van der Waals surface area contributed by atoms with Gasteiger partial charge in [-0.25, -0.2) is 19.6 Å². The topological polar surface area (TPSA) is 254 Å². The molecule has 5 N–H and O–H groups in total. The number of aliphatic hydroxyl groups is 1. The number of nitro benzene ring substituents is 2. The van der Waals surface area contributed by atoms with Crippen LogP contribution in [-0.2, 0) is 19.1 Å². The Hall–Kier alpha value is -6.10. The van der Waals surface area contributed by atoms with Gasteiger partial charge in [0.25, 0.3) is 11.4 Å². The number of hydrogen-bond acceptors (Lipinski definition) is 15. The van der Waals surface area contributed by atoms with Gasteiger partial charge in [-0.15, -0.1) is 0 Å². The highest BCUT2D eigenvalue weighted by Gasteiger charge is 2.32. The molecule has 2 atom stereocenters. The standard InChI is InChI=1S/C18H23N3O6.C18H21N3O5.CH4.H2/c1-18(2,3)27-16(22)10-20-14(9-19)17(23)12-6-7-26-15-5-4-11(21(24)25)8-13(12)15;1-18(2,3)26-17(22)11-20-13(10-19)8-12-6-7-25-16-5-4-14(21(23)24)9-15(12)16;;/h4-5,8-10,12,17,23H,6-7,19H2,1-3H3;4-5,8-11H,6-7,19H2,1-3H3;1H4;1H/b14-9-,20-10?;12-8+,13-10-,20-11?;;/i;;;1+1. The Kier molecular flexibility index (Phi) is 15.6. The highest BCUT2D eigenvalue weighted by Crippen LogP contribution is 2.40. The van der Waals surface area contributed by atoms with E-state index in [0.29, 0.717) is 54.4 Å². The first-order valence-corrected chi connectivity index (χ1v) is 16.4. The molecular weight excluding hydrogens is 704 g/mol. The first kappa shape index (κ1) is 44.1. The summed E-state index contributed by atoms with van der Waals surface area (Å²) in [6.45, 7) is 11.2. The van der Waals surface area contributed by atoms with Gasteiger partial charge in [0.1, 0.15) is 41.2 Å².